The number of aromatic nitrogens is 1. The van der Waals surface area contributed by atoms with Crippen molar-refractivity contribution in [2.75, 3.05) is 11.9 Å². The molecule has 20 heavy (non-hydrogen) atoms. The van der Waals surface area contributed by atoms with Crippen molar-refractivity contribution in [3.8, 4) is 0 Å². The molecule has 0 aliphatic carbocycles. The second-order valence-corrected chi connectivity index (χ2v) is 5.86. The Morgan fingerprint density at radius 3 is 2.70 bits per heavy atom. The molecule has 0 unspecified atom stereocenters. The molecule has 0 aliphatic rings. The minimum absolute atomic E-state index is 0.0000898. The van der Waals surface area contributed by atoms with Gasteiger partial charge in [-0.1, -0.05) is 18.2 Å². The highest BCUT2D eigenvalue weighted by Gasteiger charge is 2.10. The van der Waals surface area contributed by atoms with Crippen LogP contribution in [-0.2, 0) is 4.79 Å². The lowest BCUT2D eigenvalue weighted by Crippen LogP contribution is -2.37. The zero-order valence-corrected chi connectivity index (χ0v) is 12.2. The van der Waals surface area contributed by atoms with Crippen molar-refractivity contribution >= 4 is 22.5 Å². The number of fused-ring (bicyclic) bond motifs is 1. The maximum atomic E-state index is 12.0. The number of anilines is 1. The van der Waals surface area contributed by atoms with Crippen molar-refractivity contribution in [1.29, 1.82) is 0 Å². The zero-order chi connectivity index (χ0) is 14.6. The van der Waals surface area contributed by atoms with Crippen LogP contribution in [0.4, 0.5) is 5.69 Å². The summed E-state index contributed by atoms with van der Waals surface area (Å²) < 4.78 is 0. The monoisotopic (exact) mass is 271 g/mol. The Labute approximate surface area is 119 Å². The maximum absolute atomic E-state index is 12.0. The number of amides is 1. The number of hydrogen-bond acceptors (Lipinski definition) is 3. The number of nitrogens with zero attached hydrogens (tertiary/aromatic N) is 1. The first-order valence-corrected chi connectivity index (χ1v) is 6.84. The number of benzene rings is 1. The summed E-state index contributed by atoms with van der Waals surface area (Å²) in [6.07, 6.45) is 2.18. The fourth-order valence-electron chi connectivity index (χ4n) is 1.97. The minimum Gasteiger partial charge on any atom is -0.324 e. The van der Waals surface area contributed by atoms with Crippen LogP contribution in [0, 0.1) is 0 Å². The van der Waals surface area contributed by atoms with Crippen molar-refractivity contribution in [2.24, 2.45) is 0 Å². The van der Waals surface area contributed by atoms with E-state index in [4.69, 9.17) is 0 Å². The lowest BCUT2D eigenvalue weighted by molar-refractivity contribution is -0.116. The fourth-order valence-corrected chi connectivity index (χ4v) is 1.97. The van der Waals surface area contributed by atoms with Gasteiger partial charge in [-0.25, -0.2) is 0 Å². The second kappa shape index (κ2) is 6.01. The van der Waals surface area contributed by atoms with Gasteiger partial charge in [-0.2, -0.15) is 0 Å². The van der Waals surface area contributed by atoms with E-state index in [1.165, 1.54) is 0 Å². The normalized spacial score (nSPS) is 11.6. The Hall–Kier alpha value is -1.94. The lowest BCUT2D eigenvalue weighted by atomic mass is 10.1. The first-order valence-electron chi connectivity index (χ1n) is 6.84. The van der Waals surface area contributed by atoms with E-state index < -0.39 is 0 Å². The average molecular weight is 271 g/mol. The van der Waals surface area contributed by atoms with E-state index in [2.05, 4.69) is 36.4 Å². The smallest absolute Gasteiger partial charge is 0.225 e. The summed E-state index contributed by atoms with van der Waals surface area (Å²) in [5.41, 5.74) is 1.62. The number of pyridine rings is 1. The van der Waals surface area contributed by atoms with Crippen LogP contribution in [0.25, 0.3) is 10.9 Å². The molecule has 4 nitrogen and oxygen atoms in total. The van der Waals surface area contributed by atoms with Crippen LogP contribution in [0.5, 0.6) is 0 Å². The van der Waals surface area contributed by atoms with E-state index in [1.807, 2.05) is 30.3 Å². The minimum atomic E-state index is -0.0000898. The Morgan fingerprint density at radius 2 is 1.95 bits per heavy atom. The predicted molar refractivity (Wildman–Crippen MR) is 82.7 cm³/mol. The molecule has 1 amide bonds. The summed E-state index contributed by atoms with van der Waals surface area (Å²) >= 11 is 0. The molecule has 2 aromatic rings. The van der Waals surface area contributed by atoms with Gasteiger partial charge in [0, 0.05) is 30.1 Å². The highest BCUT2D eigenvalue weighted by molar-refractivity contribution is 6.00. The summed E-state index contributed by atoms with van der Waals surface area (Å²) in [6, 6.07) is 9.66. The number of carbonyl (C=O) groups is 1. The van der Waals surface area contributed by atoms with Crippen LogP contribution in [0.2, 0.25) is 0 Å². The van der Waals surface area contributed by atoms with Crippen LogP contribution < -0.4 is 10.6 Å². The average Bonchev–Trinajstić information content (AvgIpc) is 2.37. The maximum Gasteiger partial charge on any atom is 0.225 e. The molecule has 0 spiro atoms. The van der Waals surface area contributed by atoms with E-state index >= 15 is 0 Å². The number of hydrogen-bond donors (Lipinski definition) is 2. The van der Waals surface area contributed by atoms with Gasteiger partial charge in [0.25, 0.3) is 0 Å². The summed E-state index contributed by atoms with van der Waals surface area (Å²) in [4.78, 5) is 16.3. The first kappa shape index (κ1) is 14.5. The molecule has 1 aromatic heterocycles. The number of rotatable bonds is 4. The summed E-state index contributed by atoms with van der Waals surface area (Å²) in [6.45, 7) is 6.91. The van der Waals surface area contributed by atoms with Gasteiger partial charge in [-0.05, 0) is 32.9 Å². The van der Waals surface area contributed by atoms with Crippen molar-refractivity contribution in [3.63, 3.8) is 0 Å². The van der Waals surface area contributed by atoms with Crippen LogP contribution >= 0.6 is 0 Å². The quantitative estimate of drug-likeness (QED) is 0.899. The molecular formula is C16H21N3O. The van der Waals surface area contributed by atoms with Gasteiger partial charge in [-0.3, -0.25) is 9.78 Å². The van der Waals surface area contributed by atoms with Gasteiger partial charge in [0.15, 0.2) is 0 Å². The van der Waals surface area contributed by atoms with E-state index in [-0.39, 0.29) is 11.4 Å². The summed E-state index contributed by atoms with van der Waals surface area (Å²) in [5, 5.41) is 7.26. The van der Waals surface area contributed by atoms with Crippen molar-refractivity contribution in [1.82, 2.24) is 10.3 Å². The standard InChI is InChI=1S/C16H21N3O/c1-16(2,3)18-11-9-14(20)19-13-8-4-6-12-7-5-10-17-15(12)13/h4-8,10,18H,9,11H2,1-3H3,(H,19,20). The second-order valence-electron chi connectivity index (χ2n) is 5.86. The summed E-state index contributed by atoms with van der Waals surface area (Å²) in [7, 11) is 0. The fraction of sp³-hybridized carbons (Fsp3) is 0.375. The molecule has 0 saturated carbocycles. The highest BCUT2D eigenvalue weighted by atomic mass is 16.1. The predicted octanol–water partition coefficient (Wildman–Crippen LogP) is 2.95. The Bertz CT molecular complexity index is 597. The zero-order valence-electron chi connectivity index (χ0n) is 12.2. The Balaban J connectivity index is 2.00. The molecule has 0 aliphatic heterocycles. The van der Waals surface area contributed by atoms with Crippen LogP contribution in [-0.4, -0.2) is 23.0 Å². The topological polar surface area (TPSA) is 54.0 Å². The SMILES string of the molecule is CC(C)(C)NCCC(=O)Nc1cccc2cccnc12. The molecule has 1 aromatic carbocycles. The largest absolute Gasteiger partial charge is 0.324 e. The van der Waals surface area contributed by atoms with E-state index in [1.54, 1.807) is 6.20 Å². The van der Waals surface area contributed by atoms with Crippen molar-refractivity contribution in [3.05, 3.63) is 36.5 Å². The van der Waals surface area contributed by atoms with Crippen LogP contribution in [0.3, 0.4) is 0 Å². The molecule has 106 valence electrons. The van der Waals surface area contributed by atoms with Gasteiger partial charge in [0.1, 0.15) is 0 Å². The van der Waals surface area contributed by atoms with E-state index in [0.717, 1.165) is 16.6 Å². The highest BCUT2D eigenvalue weighted by Crippen LogP contribution is 2.20. The molecule has 0 saturated heterocycles. The molecule has 0 fully saturated rings. The lowest BCUT2D eigenvalue weighted by Gasteiger charge is -2.20. The molecule has 4 heteroatoms. The van der Waals surface area contributed by atoms with Gasteiger partial charge >= 0.3 is 0 Å². The van der Waals surface area contributed by atoms with Crippen molar-refractivity contribution in [2.45, 2.75) is 32.7 Å². The third-order valence-electron chi connectivity index (χ3n) is 2.91. The number of nitrogens with one attached hydrogen (secondary N) is 2. The van der Waals surface area contributed by atoms with Crippen molar-refractivity contribution < 1.29 is 4.79 Å². The Kier molecular flexibility index (Phi) is 4.35. The molecule has 2 rings (SSSR count). The molecule has 1 heterocycles. The van der Waals surface area contributed by atoms with Crippen LogP contribution in [0.1, 0.15) is 27.2 Å². The molecule has 0 atom stereocenters. The first-order chi connectivity index (χ1) is 9.46. The number of para-hydroxylation sites is 1. The molecule has 0 bridgehead atoms. The third kappa shape index (κ3) is 4.03. The van der Waals surface area contributed by atoms with Gasteiger partial charge in [0.2, 0.25) is 5.91 Å². The number of carbonyl (C=O) groups excluding carboxylic acids is 1. The van der Waals surface area contributed by atoms with Crippen LogP contribution in [0.15, 0.2) is 36.5 Å². The van der Waals surface area contributed by atoms with Gasteiger partial charge in [0.05, 0.1) is 11.2 Å². The van der Waals surface area contributed by atoms with Gasteiger partial charge in [-0.15, -0.1) is 0 Å². The van der Waals surface area contributed by atoms with E-state index in [0.29, 0.717) is 13.0 Å². The van der Waals surface area contributed by atoms with E-state index in [9.17, 15) is 4.79 Å². The third-order valence-corrected chi connectivity index (χ3v) is 2.91. The molecule has 2 N–H and O–H groups in total. The van der Waals surface area contributed by atoms with Gasteiger partial charge < -0.3 is 10.6 Å². The Morgan fingerprint density at radius 1 is 1.20 bits per heavy atom. The molecule has 0 radical (unpaired) electrons. The molecular weight excluding hydrogens is 250 g/mol. The summed E-state index contributed by atoms with van der Waals surface area (Å²) in [5.74, 6) is -0.0000898.